The third-order valence-electron chi connectivity index (χ3n) is 2.48. The maximum Gasteiger partial charge on any atom is 0.142 e. The predicted molar refractivity (Wildman–Crippen MR) is 64.1 cm³/mol. The molecule has 86 valence electrons. The number of H-pyrrole nitrogens is 1. The summed E-state index contributed by atoms with van der Waals surface area (Å²) in [6.07, 6.45) is 3.42. The van der Waals surface area contributed by atoms with Gasteiger partial charge in [-0.05, 0) is 13.1 Å². The normalized spacial score (nSPS) is 11.2. The zero-order valence-corrected chi connectivity index (χ0v) is 9.49. The SMILES string of the molecule is CNN(C)CCNc1ncnc2[nH]ccc12. The molecular weight excluding hydrogens is 204 g/mol. The van der Waals surface area contributed by atoms with Crippen molar-refractivity contribution in [3.63, 3.8) is 0 Å². The maximum absolute atomic E-state index is 4.22. The highest BCUT2D eigenvalue weighted by molar-refractivity contribution is 5.86. The Morgan fingerprint density at radius 1 is 1.44 bits per heavy atom. The standard InChI is InChI=1S/C10H16N6/c1-11-16(2)6-5-13-10-8-3-4-12-9(8)14-7-15-10/h3-4,7,11H,5-6H2,1-2H3,(H2,12,13,14,15). The molecule has 0 aromatic carbocycles. The fourth-order valence-electron chi connectivity index (χ4n) is 1.47. The molecule has 0 saturated carbocycles. The second-order valence-corrected chi connectivity index (χ2v) is 3.53. The second kappa shape index (κ2) is 4.91. The van der Waals surface area contributed by atoms with Crippen molar-refractivity contribution in [2.45, 2.75) is 0 Å². The molecule has 0 spiro atoms. The van der Waals surface area contributed by atoms with Gasteiger partial charge in [0.2, 0.25) is 0 Å². The van der Waals surface area contributed by atoms with Gasteiger partial charge in [0.25, 0.3) is 0 Å². The third-order valence-corrected chi connectivity index (χ3v) is 2.48. The Labute approximate surface area is 94.1 Å². The summed E-state index contributed by atoms with van der Waals surface area (Å²) in [5.41, 5.74) is 3.90. The zero-order chi connectivity index (χ0) is 11.4. The fourth-order valence-corrected chi connectivity index (χ4v) is 1.47. The summed E-state index contributed by atoms with van der Waals surface area (Å²) < 4.78 is 0. The van der Waals surface area contributed by atoms with Crippen molar-refractivity contribution < 1.29 is 0 Å². The smallest absolute Gasteiger partial charge is 0.142 e. The van der Waals surface area contributed by atoms with Crippen LogP contribution in [0.2, 0.25) is 0 Å². The molecular formula is C10H16N6. The average molecular weight is 220 g/mol. The molecule has 0 fully saturated rings. The van der Waals surface area contributed by atoms with E-state index in [-0.39, 0.29) is 0 Å². The Kier molecular flexibility index (Phi) is 3.33. The third kappa shape index (κ3) is 2.29. The van der Waals surface area contributed by atoms with E-state index in [0.717, 1.165) is 29.9 Å². The van der Waals surface area contributed by atoms with Gasteiger partial charge in [-0.2, -0.15) is 0 Å². The van der Waals surface area contributed by atoms with E-state index in [2.05, 4.69) is 25.7 Å². The van der Waals surface area contributed by atoms with Crippen LogP contribution in [0.25, 0.3) is 11.0 Å². The number of hydrogen-bond acceptors (Lipinski definition) is 5. The highest BCUT2D eigenvalue weighted by Crippen LogP contribution is 2.16. The molecule has 0 amide bonds. The fraction of sp³-hybridized carbons (Fsp3) is 0.400. The molecule has 6 nitrogen and oxygen atoms in total. The van der Waals surface area contributed by atoms with Crippen LogP contribution in [0.1, 0.15) is 0 Å². The number of hydrogen-bond donors (Lipinski definition) is 3. The average Bonchev–Trinajstić information content (AvgIpc) is 2.77. The van der Waals surface area contributed by atoms with Gasteiger partial charge in [0, 0.05) is 26.3 Å². The van der Waals surface area contributed by atoms with Crippen LogP contribution in [0, 0.1) is 0 Å². The first-order valence-corrected chi connectivity index (χ1v) is 5.21. The van der Waals surface area contributed by atoms with Crippen LogP contribution >= 0.6 is 0 Å². The van der Waals surface area contributed by atoms with Crippen LogP contribution in [-0.4, -0.2) is 47.1 Å². The number of fused-ring (bicyclic) bond motifs is 1. The molecule has 0 unspecified atom stereocenters. The Morgan fingerprint density at radius 3 is 3.12 bits per heavy atom. The minimum absolute atomic E-state index is 0.828. The Bertz CT molecular complexity index is 451. The lowest BCUT2D eigenvalue weighted by molar-refractivity contribution is 0.271. The van der Waals surface area contributed by atoms with E-state index >= 15 is 0 Å². The molecule has 16 heavy (non-hydrogen) atoms. The van der Waals surface area contributed by atoms with Crippen LogP contribution in [-0.2, 0) is 0 Å². The van der Waals surface area contributed by atoms with E-state index in [1.54, 1.807) is 6.33 Å². The van der Waals surface area contributed by atoms with Crippen molar-refractivity contribution in [2.75, 3.05) is 32.5 Å². The van der Waals surface area contributed by atoms with Gasteiger partial charge in [-0.25, -0.2) is 15.0 Å². The van der Waals surface area contributed by atoms with Gasteiger partial charge in [-0.3, -0.25) is 5.43 Å². The molecule has 0 atom stereocenters. The second-order valence-electron chi connectivity index (χ2n) is 3.53. The number of likely N-dealkylation sites (N-methyl/N-ethyl adjacent to an activating group) is 1. The van der Waals surface area contributed by atoms with Gasteiger partial charge in [0.05, 0.1) is 5.39 Å². The van der Waals surface area contributed by atoms with Crippen molar-refractivity contribution in [1.29, 1.82) is 0 Å². The maximum atomic E-state index is 4.22. The lowest BCUT2D eigenvalue weighted by Crippen LogP contribution is -2.34. The lowest BCUT2D eigenvalue weighted by Gasteiger charge is -2.15. The monoisotopic (exact) mass is 220 g/mol. The van der Waals surface area contributed by atoms with Gasteiger partial charge in [-0.15, -0.1) is 0 Å². The minimum Gasteiger partial charge on any atom is -0.368 e. The summed E-state index contributed by atoms with van der Waals surface area (Å²) in [5.74, 6) is 0.871. The minimum atomic E-state index is 0.828. The summed E-state index contributed by atoms with van der Waals surface area (Å²) in [6, 6.07) is 1.97. The quantitative estimate of drug-likeness (QED) is 0.638. The summed E-state index contributed by atoms with van der Waals surface area (Å²) in [7, 11) is 3.89. The number of rotatable bonds is 5. The molecule has 0 aliphatic rings. The van der Waals surface area contributed by atoms with Crippen molar-refractivity contribution in [2.24, 2.45) is 0 Å². The van der Waals surface area contributed by atoms with Gasteiger partial charge >= 0.3 is 0 Å². The van der Waals surface area contributed by atoms with E-state index in [1.807, 2.05) is 31.4 Å². The molecule has 2 aromatic rings. The van der Waals surface area contributed by atoms with E-state index in [1.165, 1.54) is 0 Å². The Hall–Kier alpha value is -1.66. The van der Waals surface area contributed by atoms with E-state index < -0.39 is 0 Å². The topological polar surface area (TPSA) is 68.9 Å². The Balaban J connectivity index is 2.01. The van der Waals surface area contributed by atoms with Gasteiger partial charge in [-0.1, -0.05) is 0 Å². The summed E-state index contributed by atoms with van der Waals surface area (Å²) in [6.45, 7) is 1.72. The molecule has 3 N–H and O–H groups in total. The molecule has 2 heterocycles. The Morgan fingerprint density at radius 2 is 2.31 bits per heavy atom. The first kappa shape index (κ1) is 10.8. The van der Waals surface area contributed by atoms with E-state index in [4.69, 9.17) is 0 Å². The summed E-state index contributed by atoms with van der Waals surface area (Å²) in [4.78, 5) is 11.4. The van der Waals surface area contributed by atoms with Crippen LogP contribution in [0.4, 0.5) is 5.82 Å². The van der Waals surface area contributed by atoms with Crippen LogP contribution in [0.15, 0.2) is 18.6 Å². The van der Waals surface area contributed by atoms with Crippen molar-refractivity contribution in [3.8, 4) is 0 Å². The van der Waals surface area contributed by atoms with E-state index in [9.17, 15) is 0 Å². The highest BCUT2D eigenvalue weighted by Gasteiger charge is 2.03. The first-order chi connectivity index (χ1) is 7.81. The molecule has 0 bridgehead atoms. The number of nitrogens with one attached hydrogen (secondary N) is 3. The molecule has 0 radical (unpaired) electrons. The van der Waals surface area contributed by atoms with Crippen LogP contribution in [0.5, 0.6) is 0 Å². The van der Waals surface area contributed by atoms with Crippen LogP contribution in [0.3, 0.4) is 0 Å². The molecule has 0 saturated heterocycles. The summed E-state index contributed by atoms with van der Waals surface area (Å²) >= 11 is 0. The van der Waals surface area contributed by atoms with Gasteiger partial charge in [0.15, 0.2) is 0 Å². The molecule has 2 aromatic heterocycles. The number of aromatic nitrogens is 3. The first-order valence-electron chi connectivity index (χ1n) is 5.21. The van der Waals surface area contributed by atoms with Crippen molar-refractivity contribution in [1.82, 2.24) is 25.4 Å². The number of hydrazine groups is 1. The number of anilines is 1. The number of nitrogens with zero attached hydrogens (tertiary/aromatic N) is 3. The summed E-state index contributed by atoms with van der Waals surface area (Å²) in [5, 5.41) is 6.31. The van der Waals surface area contributed by atoms with Gasteiger partial charge in [0.1, 0.15) is 17.8 Å². The lowest BCUT2D eigenvalue weighted by atomic mass is 10.4. The molecule has 6 heteroatoms. The molecule has 0 aliphatic heterocycles. The zero-order valence-electron chi connectivity index (χ0n) is 9.49. The predicted octanol–water partition coefficient (Wildman–Crippen LogP) is 0.436. The van der Waals surface area contributed by atoms with E-state index in [0.29, 0.717) is 0 Å². The highest BCUT2D eigenvalue weighted by atomic mass is 15.5. The van der Waals surface area contributed by atoms with Crippen molar-refractivity contribution in [3.05, 3.63) is 18.6 Å². The molecule has 2 rings (SSSR count). The molecule has 0 aliphatic carbocycles. The number of aromatic amines is 1. The van der Waals surface area contributed by atoms with Gasteiger partial charge < -0.3 is 10.3 Å². The largest absolute Gasteiger partial charge is 0.368 e. The van der Waals surface area contributed by atoms with Crippen molar-refractivity contribution >= 4 is 16.9 Å². The van der Waals surface area contributed by atoms with Crippen LogP contribution < -0.4 is 10.7 Å².